The van der Waals surface area contributed by atoms with Crippen molar-refractivity contribution in [2.75, 3.05) is 12.8 Å². The second kappa shape index (κ2) is 7.54. The molecule has 2 N–H and O–H groups in total. The highest BCUT2D eigenvalue weighted by Crippen LogP contribution is 2.44. The Morgan fingerprint density at radius 2 is 2.19 bits per heavy atom. The number of thiophene rings is 1. The van der Waals surface area contributed by atoms with Gasteiger partial charge in [-0.1, -0.05) is 17.7 Å². The van der Waals surface area contributed by atoms with Crippen molar-refractivity contribution in [2.45, 2.75) is 6.04 Å². The number of pyridine rings is 1. The molecule has 0 bridgehead atoms. The smallest absolute Gasteiger partial charge is 0.239 e. The number of rotatable bonds is 3. The van der Waals surface area contributed by atoms with Crippen LogP contribution in [-0.2, 0) is 10.0 Å². The van der Waals surface area contributed by atoms with E-state index in [1.165, 1.54) is 43.2 Å². The first-order valence-corrected chi connectivity index (χ1v) is 12.1. The molecule has 0 saturated carbocycles. The average molecular weight is 492 g/mol. The third-order valence-corrected chi connectivity index (χ3v) is 8.86. The van der Waals surface area contributed by atoms with Crippen LogP contribution in [0.5, 0.6) is 0 Å². The Balaban J connectivity index is 1.61. The van der Waals surface area contributed by atoms with Crippen LogP contribution in [0, 0.1) is 11.2 Å². The fraction of sp³-hybridized carbons (Fsp3) is 0.150. The molecule has 8 nitrogen and oxygen atoms in total. The molecule has 0 spiro atoms. The number of hydrogen-bond acceptors (Lipinski definition) is 7. The first-order chi connectivity index (χ1) is 15.3. The van der Waals surface area contributed by atoms with E-state index in [1.54, 1.807) is 18.2 Å². The average Bonchev–Trinajstić information content (AvgIpc) is 3.40. The van der Waals surface area contributed by atoms with Crippen molar-refractivity contribution in [1.82, 2.24) is 19.6 Å². The molecule has 1 aliphatic rings. The molecule has 5 rings (SSSR count). The summed E-state index contributed by atoms with van der Waals surface area (Å²) in [7, 11) is -2.33. The van der Waals surface area contributed by atoms with E-state index >= 15 is 4.39 Å². The Morgan fingerprint density at radius 3 is 2.88 bits per heavy atom. The number of fused-ring (bicyclic) bond motifs is 1. The number of hydrogen-bond donors (Lipinski definition) is 2. The number of oxazole rings is 1. The molecule has 4 heterocycles. The third-order valence-electron chi connectivity index (χ3n) is 5.25. The van der Waals surface area contributed by atoms with Gasteiger partial charge in [0, 0.05) is 34.6 Å². The molecule has 1 saturated heterocycles. The van der Waals surface area contributed by atoms with Crippen molar-refractivity contribution in [3.05, 3.63) is 58.8 Å². The van der Waals surface area contributed by atoms with Gasteiger partial charge in [0.15, 0.2) is 12.2 Å². The Kier molecular flexibility index (Phi) is 4.91. The first kappa shape index (κ1) is 20.9. The summed E-state index contributed by atoms with van der Waals surface area (Å²) in [5.74, 6) is -0.532. The van der Waals surface area contributed by atoms with Crippen LogP contribution < -0.4 is 5.32 Å². The van der Waals surface area contributed by atoms with Gasteiger partial charge in [0.2, 0.25) is 16.0 Å². The van der Waals surface area contributed by atoms with Gasteiger partial charge in [0.1, 0.15) is 5.82 Å². The van der Waals surface area contributed by atoms with Crippen LogP contribution in [0.3, 0.4) is 0 Å². The van der Waals surface area contributed by atoms with E-state index < -0.39 is 21.9 Å². The molecular weight excluding hydrogens is 477 g/mol. The van der Waals surface area contributed by atoms with Crippen molar-refractivity contribution in [2.24, 2.45) is 0 Å². The van der Waals surface area contributed by atoms with Crippen molar-refractivity contribution in [3.8, 4) is 22.6 Å². The summed E-state index contributed by atoms with van der Waals surface area (Å²) in [5.41, 5.74) is 1.22. The van der Waals surface area contributed by atoms with Crippen LogP contribution >= 0.6 is 22.9 Å². The molecule has 0 aliphatic carbocycles. The van der Waals surface area contributed by atoms with E-state index in [9.17, 15) is 8.42 Å². The molecule has 0 amide bonds. The van der Waals surface area contributed by atoms with Crippen LogP contribution in [0.1, 0.15) is 10.9 Å². The van der Waals surface area contributed by atoms with E-state index in [0.717, 1.165) is 4.31 Å². The van der Waals surface area contributed by atoms with Gasteiger partial charge in [-0.05, 0) is 18.2 Å². The fourth-order valence-corrected chi connectivity index (χ4v) is 6.58. The largest absolute Gasteiger partial charge is 0.444 e. The van der Waals surface area contributed by atoms with Gasteiger partial charge in [0.25, 0.3) is 0 Å². The topological polar surface area (TPSA) is 112 Å². The van der Waals surface area contributed by atoms with E-state index in [4.69, 9.17) is 21.4 Å². The zero-order valence-corrected chi connectivity index (χ0v) is 18.9. The summed E-state index contributed by atoms with van der Waals surface area (Å²) in [5, 5.41) is 11.8. The maximum Gasteiger partial charge on any atom is 0.239 e. The zero-order valence-electron chi connectivity index (χ0n) is 16.5. The van der Waals surface area contributed by atoms with Gasteiger partial charge >= 0.3 is 0 Å². The molecule has 1 aromatic carbocycles. The molecule has 4 aromatic rings. The van der Waals surface area contributed by atoms with Gasteiger partial charge in [-0.25, -0.2) is 22.1 Å². The second-order valence-electron chi connectivity index (χ2n) is 7.17. The molecule has 32 heavy (non-hydrogen) atoms. The number of halogens is 2. The number of nitrogens with one attached hydrogen (secondary N) is 2. The highest BCUT2D eigenvalue weighted by atomic mass is 35.5. The van der Waals surface area contributed by atoms with E-state index in [1.807, 2.05) is 0 Å². The number of sulfonamides is 1. The number of nitrogens with zero attached hydrogens (tertiary/aromatic N) is 3. The second-order valence-corrected chi connectivity index (χ2v) is 10.6. The lowest BCUT2D eigenvalue weighted by atomic mass is 10.1. The molecule has 164 valence electrons. The lowest BCUT2D eigenvalue weighted by Crippen LogP contribution is -2.51. The Morgan fingerprint density at radius 1 is 1.38 bits per heavy atom. The summed E-state index contributed by atoms with van der Waals surface area (Å²) in [6.45, 7) is 0. The van der Waals surface area contributed by atoms with Gasteiger partial charge in [0.05, 0.1) is 33.4 Å². The van der Waals surface area contributed by atoms with Gasteiger partial charge < -0.3 is 9.73 Å². The minimum Gasteiger partial charge on any atom is -0.444 e. The first-order valence-electron chi connectivity index (χ1n) is 9.33. The summed E-state index contributed by atoms with van der Waals surface area (Å²) < 4.78 is 46.6. The quantitative estimate of drug-likeness (QED) is 0.443. The highest BCUT2D eigenvalue weighted by molar-refractivity contribution is 7.89. The lowest BCUT2D eigenvalue weighted by Gasteiger charge is -2.31. The van der Waals surface area contributed by atoms with Crippen LogP contribution in [0.15, 0.2) is 47.5 Å². The summed E-state index contributed by atoms with van der Waals surface area (Å²) >= 11 is 7.85. The van der Waals surface area contributed by atoms with Crippen molar-refractivity contribution >= 4 is 49.0 Å². The summed E-state index contributed by atoms with van der Waals surface area (Å²) in [6.07, 6.45) is 4.30. The maximum atomic E-state index is 15.1. The van der Waals surface area contributed by atoms with Crippen LogP contribution in [-0.4, -0.2) is 41.5 Å². The van der Waals surface area contributed by atoms with Crippen LogP contribution in [0.4, 0.5) is 4.39 Å². The predicted molar refractivity (Wildman–Crippen MR) is 121 cm³/mol. The minimum absolute atomic E-state index is 0.234. The predicted octanol–water partition coefficient (Wildman–Crippen LogP) is 4.25. The van der Waals surface area contributed by atoms with E-state index in [-0.39, 0.29) is 17.3 Å². The zero-order chi connectivity index (χ0) is 22.6. The Hall–Kier alpha value is -3.02. The number of guanidine groups is 1. The fourth-order valence-electron chi connectivity index (χ4n) is 3.55. The molecule has 0 radical (unpaired) electrons. The molecule has 1 atom stereocenters. The Bertz CT molecular complexity index is 1470. The van der Waals surface area contributed by atoms with Crippen molar-refractivity contribution in [1.29, 1.82) is 5.41 Å². The van der Waals surface area contributed by atoms with Gasteiger partial charge in [-0.3, -0.25) is 10.4 Å². The summed E-state index contributed by atoms with van der Waals surface area (Å²) in [4.78, 5) is 8.77. The number of benzene rings is 1. The molecule has 1 unspecified atom stereocenters. The Labute approximate surface area is 191 Å². The maximum absolute atomic E-state index is 15.1. The standard InChI is InChI=1S/C20H15ClFN5O3S2/c1-27-20(23)26-14(8-32(27,28)29)19-16(21)12-4-5-25-17(18(12)31-19)11-3-2-10(6-13(11)22)15-7-24-9-30-15/h2-7,9,14H,8H2,1H3,(H2,23,26). The normalized spacial score (nSPS) is 18.2. The summed E-state index contributed by atoms with van der Waals surface area (Å²) in [6, 6.07) is 5.67. The van der Waals surface area contributed by atoms with Crippen molar-refractivity contribution < 1.29 is 17.2 Å². The molecule has 1 aliphatic heterocycles. The monoisotopic (exact) mass is 491 g/mol. The molecule has 3 aromatic heterocycles. The van der Waals surface area contributed by atoms with Gasteiger partial charge in [-0.15, -0.1) is 11.3 Å². The molecule has 1 fully saturated rings. The van der Waals surface area contributed by atoms with Gasteiger partial charge in [-0.2, -0.15) is 0 Å². The molecule has 12 heteroatoms. The highest BCUT2D eigenvalue weighted by Gasteiger charge is 2.35. The van der Waals surface area contributed by atoms with Crippen molar-refractivity contribution in [3.63, 3.8) is 0 Å². The number of aromatic nitrogens is 2. The SMILES string of the molecule is CN1C(=N)NC(c2sc3c(-c4ccc(-c5cnco5)cc4F)nccc3c2Cl)CS1(=O)=O. The minimum atomic E-state index is -3.65. The molecular formula is C20H15ClFN5O3S2. The lowest BCUT2D eigenvalue weighted by molar-refractivity contribution is 0.508. The van der Waals surface area contributed by atoms with E-state index in [2.05, 4.69) is 15.3 Å². The van der Waals surface area contributed by atoms with E-state index in [0.29, 0.717) is 37.0 Å². The van der Waals surface area contributed by atoms with Crippen LogP contribution in [0.25, 0.3) is 32.7 Å². The van der Waals surface area contributed by atoms with Crippen LogP contribution in [0.2, 0.25) is 5.02 Å². The third kappa shape index (κ3) is 3.33.